The van der Waals surface area contributed by atoms with Crippen LogP contribution < -0.4 is 9.70 Å². The first-order chi connectivity index (χ1) is 22.5. The number of anilines is 1. The minimum Gasteiger partial charge on any atom is -0.476 e. The van der Waals surface area contributed by atoms with Gasteiger partial charge in [-0.15, -0.1) is 11.3 Å². The van der Waals surface area contributed by atoms with E-state index in [2.05, 4.69) is 74.4 Å². The molecule has 0 unspecified atom stereocenters. The predicted molar refractivity (Wildman–Crippen MR) is 201 cm³/mol. The van der Waals surface area contributed by atoms with Gasteiger partial charge < -0.3 is 19.2 Å². The van der Waals surface area contributed by atoms with Crippen LogP contribution >= 0.6 is 22.7 Å². The van der Waals surface area contributed by atoms with Crippen LogP contribution in [-0.2, 0) is 35.3 Å². The molecule has 48 heavy (non-hydrogen) atoms. The zero-order chi connectivity index (χ0) is 34.9. The summed E-state index contributed by atoms with van der Waals surface area (Å²) < 4.78 is 15.5. The van der Waals surface area contributed by atoms with Crippen molar-refractivity contribution in [2.75, 3.05) is 24.7 Å². The van der Waals surface area contributed by atoms with Crippen molar-refractivity contribution in [3.63, 3.8) is 0 Å². The van der Waals surface area contributed by atoms with Crippen molar-refractivity contribution >= 4 is 66.3 Å². The van der Waals surface area contributed by atoms with E-state index in [1.54, 1.807) is 0 Å². The Morgan fingerprint density at radius 1 is 1.02 bits per heavy atom. The highest BCUT2D eigenvalue weighted by Gasteiger charge is 2.37. The molecular weight excluding hydrogens is 677 g/mol. The van der Waals surface area contributed by atoms with Crippen molar-refractivity contribution in [3.05, 3.63) is 74.5 Å². The second-order valence-electron chi connectivity index (χ2n) is 15.1. The lowest BCUT2D eigenvalue weighted by atomic mass is 9.95. The summed E-state index contributed by atoms with van der Waals surface area (Å²) in [7, 11) is -3.20. The Morgan fingerprint density at radius 3 is 2.48 bits per heavy atom. The van der Waals surface area contributed by atoms with Gasteiger partial charge in [-0.1, -0.05) is 76.0 Å². The van der Waals surface area contributed by atoms with Crippen LogP contribution in [0, 0.1) is 0 Å². The Hall–Kier alpha value is -2.95. The summed E-state index contributed by atoms with van der Waals surface area (Å²) in [5.41, 5.74) is 3.64. The molecule has 2 aromatic carbocycles. The normalized spacial score (nSPS) is 14.5. The van der Waals surface area contributed by atoms with Crippen LogP contribution in [0.3, 0.4) is 0 Å². The summed E-state index contributed by atoms with van der Waals surface area (Å²) in [4.78, 5) is 38.8. The third kappa shape index (κ3) is 8.43. The van der Waals surface area contributed by atoms with Gasteiger partial charge in [-0.25, -0.2) is 9.78 Å². The molecule has 0 saturated heterocycles. The molecule has 1 amide bonds. The maximum Gasteiger partial charge on any atom is 0.355 e. The van der Waals surface area contributed by atoms with E-state index in [-0.39, 0.29) is 16.6 Å². The number of fused-ring (bicyclic) bond motifs is 2. The number of aromatic nitrogens is 2. The van der Waals surface area contributed by atoms with Crippen LogP contribution in [0.25, 0.3) is 10.2 Å². The van der Waals surface area contributed by atoms with Crippen molar-refractivity contribution in [3.8, 4) is 0 Å². The third-order valence-corrected chi connectivity index (χ3v) is 17.7. The molecule has 0 bridgehead atoms. The van der Waals surface area contributed by atoms with Crippen LogP contribution in [0.2, 0.25) is 43.8 Å². The van der Waals surface area contributed by atoms with Crippen LogP contribution in [-0.4, -0.2) is 62.7 Å². The standard InChI is InChI=1S/C35H48N4O5S2Si2/c1-35(2,3)48(7,8)44-19-17-29-30(32(41)42)36-33(46-29)38-18-16-24-12-11-13-25(26(24)22-38)31(40)37-34-39(23-43-20-21-47(4,5)6)27-14-9-10-15-28(27)45-34/h9-15H,16-23H2,1-8H3,(H,41,42)/b37-34+. The van der Waals surface area contributed by atoms with Gasteiger partial charge in [0.15, 0.2) is 23.9 Å². The number of amides is 1. The van der Waals surface area contributed by atoms with Crippen molar-refractivity contribution in [2.45, 2.75) is 90.7 Å². The maximum absolute atomic E-state index is 13.9. The van der Waals surface area contributed by atoms with Gasteiger partial charge in [0.1, 0.15) is 6.73 Å². The van der Waals surface area contributed by atoms with Gasteiger partial charge in [-0.2, -0.15) is 4.99 Å². The molecule has 1 aliphatic heterocycles. The minimum absolute atomic E-state index is 0.0719. The van der Waals surface area contributed by atoms with E-state index in [4.69, 9.17) is 9.16 Å². The Balaban J connectivity index is 1.39. The zero-order valence-corrected chi connectivity index (χ0v) is 33.0. The number of hydrogen-bond acceptors (Lipinski definition) is 8. The molecule has 258 valence electrons. The molecular formula is C35H48N4O5S2Si2. The molecule has 0 atom stereocenters. The monoisotopic (exact) mass is 724 g/mol. The van der Waals surface area contributed by atoms with E-state index in [9.17, 15) is 14.7 Å². The first-order valence-corrected chi connectivity index (χ1v) is 24.8. The molecule has 3 heterocycles. The summed E-state index contributed by atoms with van der Waals surface area (Å²) in [6, 6.07) is 14.9. The smallest absolute Gasteiger partial charge is 0.355 e. The van der Waals surface area contributed by atoms with Crippen molar-refractivity contribution in [2.24, 2.45) is 4.99 Å². The molecule has 0 saturated carbocycles. The Labute approximate surface area is 293 Å². The summed E-state index contributed by atoms with van der Waals surface area (Å²) in [6.07, 6.45) is 1.21. The van der Waals surface area contributed by atoms with E-state index in [0.717, 1.165) is 33.8 Å². The maximum atomic E-state index is 13.9. The molecule has 2 aromatic heterocycles. The molecule has 0 aliphatic carbocycles. The average molecular weight is 725 g/mol. The van der Waals surface area contributed by atoms with E-state index < -0.39 is 22.4 Å². The second-order valence-corrected chi connectivity index (χ2v) is 27.6. The first kappa shape index (κ1) is 36.3. The summed E-state index contributed by atoms with van der Waals surface area (Å²) in [5, 5.41) is 10.7. The number of rotatable bonds is 12. The predicted octanol–water partition coefficient (Wildman–Crippen LogP) is 8.04. The van der Waals surface area contributed by atoms with Gasteiger partial charge in [0, 0.05) is 51.2 Å². The number of nitrogens with zero attached hydrogens (tertiary/aromatic N) is 4. The highest BCUT2D eigenvalue weighted by atomic mass is 32.1. The van der Waals surface area contributed by atoms with Crippen LogP contribution in [0.15, 0.2) is 47.5 Å². The largest absolute Gasteiger partial charge is 0.476 e. The molecule has 0 spiro atoms. The van der Waals surface area contributed by atoms with Crippen LogP contribution in [0.5, 0.6) is 0 Å². The number of hydrogen-bond donors (Lipinski definition) is 1. The Kier molecular flexibility index (Phi) is 11.0. The summed E-state index contributed by atoms with van der Waals surface area (Å²) in [6.45, 7) is 20.6. The molecule has 1 aliphatic rings. The fourth-order valence-electron chi connectivity index (χ4n) is 5.28. The topological polar surface area (TPSA) is 106 Å². The van der Waals surface area contributed by atoms with E-state index in [0.29, 0.717) is 59.8 Å². The van der Waals surface area contributed by atoms with Gasteiger partial charge in [0.2, 0.25) is 0 Å². The number of aromatic carboxylic acids is 1. The lowest BCUT2D eigenvalue weighted by Crippen LogP contribution is -2.41. The van der Waals surface area contributed by atoms with E-state index >= 15 is 0 Å². The molecule has 4 aromatic rings. The Bertz CT molecular complexity index is 1870. The number of carbonyl (C=O) groups is 2. The van der Waals surface area contributed by atoms with Gasteiger partial charge in [0.25, 0.3) is 5.91 Å². The highest BCUT2D eigenvalue weighted by molar-refractivity contribution is 7.16. The SMILES string of the molecule is CC(C)(C)[Si](C)(C)OCCc1sc(N2CCc3cccc(C(=O)/N=c4/sc5ccccc5n4COCC[Si](C)(C)C)c3C2)nc1C(=O)O. The van der Waals surface area contributed by atoms with Gasteiger partial charge >= 0.3 is 5.97 Å². The number of benzene rings is 2. The summed E-state index contributed by atoms with van der Waals surface area (Å²) >= 11 is 2.89. The number of carbonyl (C=O) groups excluding carboxylic acids is 1. The van der Waals surface area contributed by atoms with E-state index in [1.807, 2.05) is 41.0 Å². The fraction of sp³-hybridized carbons (Fsp3) is 0.486. The van der Waals surface area contributed by atoms with Crippen LogP contribution in [0.4, 0.5) is 5.13 Å². The highest BCUT2D eigenvalue weighted by Crippen LogP contribution is 2.37. The Morgan fingerprint density at radius 2 is 1.77 bits per heavy atom. The second kappa shape index (κ2) is 14.5. The van der Waals surface area contributed by atoms with Gasteiger partial charge in [-0.3, -0.25) is 9.36 Å². The minimum atomic E-state index is -1.96. The number of ether oxygens (including phenoxy) is 1. The molecule has 0 radical (unpaired) electrons. The molecule has 9 nitrogen and oxygen atoms in total. The lowest BCUT2D eigenvalue weighted by molar-refractivity contribution is 0.0689. The van der Waals surface area contributed by atoms with Crippen molar-refractivity contribution in [1.29, 1.82) is 0 Å². The number of thiazole rings is 2. The first-order valence-electron chi connectivity index (χ1n) is 16.5. The summed E-state index contributed by atoms with van der Waals surface area (Å²) in [5.74, 6) is -1.34. The molecule has 13 heteroatoms. The lowest BCUT2D eigenvalue weighted by Gasteiger charge is -2.36. The fourth-order valence-corrected chi connectivity index (χ4v) is 9.16. The third-order valence-electron chi connectivity index (χ3n) is 9.26. The molecule has 1 N–H and O–H groups in total. The van der Waals surface area contributed by atoms with Crippen LogP contribution in [0.1, 0.15) is 57.6 Å². The molecule has 0 fully saturated rings. The van der Waals surface area contributed by atoms with Crippen molar-refractivity contribution < 1.29 is 23.9 Å². The quantitative estimate of drug-likeness (QED) is 0.117. The van der Waals surface area contributed by atoms with Gasteiger partial charge in [-0.05, 0) is 59.9 Å². The zero-order valence-electron chi connectivity index (χ0n) is 29.4. The van der Waals surface area contributed by atoms with Gasteiger partial charge in [0.05, 0.1) is 10.2 Å². The molecule has 5 rings (SSSR count). The van der Waals surface area contributed by atoms with E-state index in [1.165, 1.54) is 22.7 Å². The number of para-hydroxylation sites is 1. The number of carboxylic acids is 1. The van der Waals surface area contributed by atoms with Crippen molar-refractivity contribution in [1.82, 2.24) is 9.55 Å². The average Bonchev–Trinajstić information content (AvgIpc) is 3.59. The number of carboxylic acid groups (broad SMARTS) is 1.